The van der Waals surface area contributed by atoms with E-state index in [-0.39, 0.29) is 0 Å². The van der Waals surface area contributed by atoms with Gasteiger partial charge in [-0.1, -0.05) is 0 Å². The van der Waals surface area contributed by atoms with Gasteiger partial charge in [0.15, 0.2) is 0 Å². The molecule has 2 aromatic heterocycles. The van der Waals surface area contributed by atoms with Crippen molar-refractivity contribution in [1.29, 1.82) is 0 Å². The van der Waals surface area contributed by atoms with Crippen molar-refractivity contribution < 1.29 is 8.83 Å². The highest BCUT2D eigenvalue weighted by molar-refractivity contribution is 5.99. The summed E-state index contributed by atoms with van der Waals surface area (Å²) in [6.07, 6.45) is 4.98. The minimum absolute atomic E-state index is 0.565. The molecule has 0 saturated heterocycles. The molecule has 1 aliphatic carbocycles. The molecular formula is C16H16N2O2. The molecule has 2 heterocycles. The fourth-order valence-electron chi connectivity index (χ4n) is 3.33. The molecule has 102 valence electrons. The summed E-state index contributed by atoms with van der Waals surface area (Å²) in [5, 5.41) is 6.17. The van der Waals surface area contributed by atoms with Crippen molar-refractivity contribution >= 4 is 21.9 Å². The number of aryl methyl sites for hydroxylation is 3. The van der Waals surface area contributed by atoms with Gasteiger partial charge in [0, 0.05) is 21.9 Å². The highest BCUT2D eigenvalue weighted by Crippen LogP contribution is 2.35. The van der Waals surface area contributed by atoms with E-state index in [1.165, 1.54) is 16.5 Å². The first-order valence-electron chi connectivity index (χ1n) is 6.90. The van der Waals surface area contributed by atoms with Crippen LogP contribution < -0.4 is 11.4 Å². The zero-order valence-corrected chi connectivity index (χ0v) is 11.6. The van der Waals surface area contributed by atoms with Crippen LogP contribution in [0.5, 0.6) is 0 Å². The summed E-state index contributed by atoms with van der Waals surface area (Å²) in [7, 11) is 0. The molecule has 0 saturated carbocycles. The lowest BCUT2D eigenvalue weighted by Gasteiger charge is -2.08. The van der Waals surface area contributed by atoms with Gasteiger partial charge in [0.1, 0.15) is 11.2 Å². The maximum Gasteiger partial charge on any atom is 0.239 e. The van der Waals surface area contributed by atoms with Crippen LogP contribution in [0.2, 0.25) is 0 Å². The average molecular weight is 268 g/mol. The molecule has 4 heteroatoms. The largest absolute Gasteiger partial charge is 0.464 e. The van der Waals surface area contributed by atoms with Crippen LogP contribution in [0.25, 0.3) is 21.9 Å². The lowest BCUT2D eigenvalue weighted by atomic mass is 10.0. The Kier molecular flexibility index (Phi) is 2.25. The molecule has 4 rings (SSSR count). The average Bonchev–Trinajstić information content (AvgIpc) is 3.06. The highest BCUT2D eigenvalue weighted by atomic mass is 16.3. The number of nitrogens with two attached hydrogens (primary N) is 1. The fraction of sp³-hybridized carbons (Fsp3) is 0.312. The quantitative estimate of drug-likeness (QED) is 0.503. The number of furan rings is 1. The van der Waals surface area contributed by atoms with E-state index in [0.29, 0.717) is 5.55 Å². The molecule has 4 nitrogen and oxygen atoms in total. The highest BCUT2D eigenvalue weighted by Gasteiger charge is 2.21. The third-order valence-electron chi connectivity index (χ3n) is 4.35. The molecule has 0 spiro atoms. The number of fused-ring (bicyclic) bond motifs is 4. The molecule has 3 aromatic rings. The number of rotatable bonds is 0. The summed E-state index contributed by atoms with van der Waals surface area (Å²) in [4.78, 5) is 0. The second kappa shape index (κ2) is 3.88. The summed E-state index contributed by atoms with van der Waals surface area (Å²) in [6, 6.07) is 2.18. The predicted octanol–water partition coefficient (Wildman–Crippen LogP) is 3.06. The molecule has 0 unspecified atom stereocenters. The molecule has 2 N–H and O–H groups in total. The standard InChI is InChI=1S/C16H16N2O2/c1-8-7-19-14-9(2)15-13(6-12(8)14)10-4-3-5-11(10)16(18-17)20-15/h6-7H,3-5,17H2,1-2H3. The summed E-state index contributed by atoms with van der Waals surface area (Å²) < 4.78 is 11.6. The number of benzene rings is 1. The second-order valence-corrected chi connectivity index (χ2v) is 5.52. The van der Waals surface area contributed by atoms with Crippen molar-refractivity contribution in [3.63, 3.8) is 0 Å². The summed E-state index contributed by atoms with van der Waals surface area (Å²) >= 11 is 0. The van der Waals surface area contributed by atoms with Gasteiger partial charge in [-0.3, -0.25) is 0 Å². The van der Waals surface area contributed by atoms with Crippen molar-refractivity contribution in [3.8, 4) is 0 Å². The van der Waals surface area contributed by atoms with Gasteiger partial charge in [0.05, 0.1) is 6.26 Å². The summed E-state index contributed by atoms with van der Waals surface area (Å²) in [5.41, 5.74) is 6.97. The van der Waals surface area contributed by atoms with E-state index < -0.39 is 0 Å². The Labute approximate surface area is 115 Å². The first kappa shape index (κ1) is 11.6. The maximum absolute atomic E-state index is 5.95. The van der Waals surface area contributed by atoms with Crippen LogP contribution >= 0.6 is 0 Å². The Hall–Kier alpha value is -2.23. The van der Waals surface area contributed by atoms with Crippen LogP contribution in [0, 0.1) is 13.8 Å². The third-order valence-corrected chi connectivity index (χ3v) is 4.35. The molecule has 1 aliphatic rings. The van der Waals surface area contributed by atoms with E-state index in [2.05, 4.69) is 18.1 Å². The van der Waals surface area contributed by atoms with E-state index >= 15 is 0 Å². The van der Waals surface area contributed by atoms with Gasteiger partial charge in [-0.2, -0.15) is 0 Å². The Morgan fingerprint density at radius 1 is 1.10 bits per heavy atom. The van der Waals surface area contributed by atoms with Gasteiger partial charge in [-0.15, -0.1) is 5.10 Å². The summed E-state index contributed by atoms with van der Waals surface area (Å²) in [5.74, 6) is 5.49. The zero-order chi connectivity index (χ0) is 13.9. The molecule has 20 heavy (non-hydrogen) atoms. The molecular weight excluding hydrogens is 252 g/mol. The lowest BCUT2D eigenvalue weighted by Crippen LogP contribution is -2.12. The van der Waals surface area contributed by atoms with Crippen LogP contribution in [-0.4, -0.2) is 0 Å². The normalized spacial score (nSPS) is 15.4. The van der Waals surface area contributed by atoms with Crippen molar-refractivity contribution in [2.24, 2.45) is 10.9 Å². The Balaban J connectivity index is 2.28. The SMILES string of the molecule is Cc1coc2c(C)c3oc(=NN)c4c(c3cc12)CCC4. The Morgan fingerprint density at radius 3 is 2.70 bits per heavy atom. The molecule has 0 amide bonds. The van der Waals surface area contributed by atoms with Gasteiger partial charge < -0.3 is 14.7 Å². The Morgan fingerprint density at radius 2 is 1.90 bits per heavy atom. The number of hydrogen-bond donors (Lipinski definition) is 1. The van der Waals surface area contributed by atoms with Gasteiger partial charge in [0.2, 0.25) is 5.55 Å². The van der Waals surface area contributed by atoms with Crippen molar-refractivity contribution in [2.75, 3.05) is 0 Å². The maximum atomic E-state index is 5.95. The Bertz CT molecular complexity index is 916. The van der Waals surface area contributed by atoms with E-state index in [1.54, 1.807) is 6.26 Å². The first-order valence-corrected chi connectivity index (χ1v) is 6.90. The molecule has 0 fully saturated rings. The minimum Gasteiger partial charge on any atom is -0.464 e. The monoisotopic (exact) mass is 268 g/mol. The van der Waals surface area contributed by atoms with Crippen molar-refractivity contribution in [1.82, 2.24) is 0 Å². The molecule has 0 bridgehead atoms. The molecule has 0 atom stereocenters. The number of nitrogens with zero attached hydrogens (tertiary/aromatic N) is 1. The third kappa shape index (κ3) is 1.33. The van der Waals surface area contributed by atoms with Gasteiger partial charge in [-0.05, 0) is 50.3 Å². The van der Waals surface area contributed by atoms with Gasteiger partial charge >= 0.3 is 0 Å². The van der Waals surface area contributed by atoms with Crippen LogP contribution in [0.4, 0.5) is 0 Å². The van der Waals surface area contributed by atoms with E-state index in [9.17, 15) is 0 Å². The lowest BCUT2D eigenvalue weighted by molar-refractivity contribution is 0.524. The second-order valence-electron chi connectivity index (χ2n) is 5.52. The van der Waals surface area contributed by atoms with Crippen LogP contribution in [0.15, 0.2) is 26.3 Å². The topological polar surface area (TPSA) is 64.7 Å². The number of hydrogen-bond acceptors (Lipinski definition) is 4. The molecule has 0 aliphatic heterocycles. The smallest absolute Gasteiger partial charge is 0.239 e. The predicted molar refractivity (Wildman–Crippen MR) is 77.2 cm³/mol. The van der Waals surface area contributed by atoms with Gasteiger partial charge in [-0.25, -0.2) is 0 Å². The molecule has 0 radical (unpaired) electrons. The van der Waals surface area contributed by atoms with Crippen molar-refractivity contribution in [3.05, 3.63) is 40.1 Å². The first-order chi connectivity index (χ1) is 9.70. The summed E-state index contributed by atoms with van der Waals surface area (Å²) in [6.45, 7) is 4.09. The van der Waals surface area contributed by atoms with E-state index in [0.717, 1.165) is 46.9 Å². The fourth-order valence-corrected chi connectivity index (χ4v) is 3.33. The van der Waals surface area contributed by atoms with Crippen LogP contribution in [-0.2, 0) is 12.8 Å². The van der Waals surface area contributed by atoms with Crippen molar-refractivity contribution in [2.45, 2.75) is 33.1 Å². The zero-order valence-electron chi connectivity index (χ0n) is 11.6. The van der Waals surface area contributed by atoms with Gasteiger partial charge in [0.25, 0.3) is 0 Å². The minimum atomic E-state index is 0.565. The van der Waals surface area contributed by atoms with Crippen LogP contribution in [0.3, 0.4) is 0 Å². The van der Waals surface area contributed by atoms with Crippen LogP contribution in [0.1, 0.15) is 28.7 Å². The van der Waals surface area contributed by atoms with E-state index in [1.807, 2.05) is 6.92 Å². The van der Waals surface area contributed by atoms with E-state index in [4.69, 9.17) is 14.7 Å². The molecule has 1 aromatic carbocycles.